The van der Waals surface area contributed by atoms with Gasteiger partial charge in [-0.2, -0.15) is 0 Å². The molecule has 0 radical (unpaired) electrons. The monoisotopic (exact) mass is 399 g/mol. The van der Waals surface area contributed by atoms with Gasteiger partial charge in [0, 0.05) is 22.8 Å². The van der Waals surface area contributed by atoms with E-state index in [1.165, 1.54) is 16.6 Å². The number of nitrogens with zero attached hydrogens (tertiary/aromatic N) is 3. The number of benzene rings is 1. The molecule has 0 spiro atoms. The largest absolute Gasteiger partial charge is 0.335 e. The van der Waals surface area contributed by atoms with Gasteiger partial charge < -0.3 is 4.90 Å². The second-order valence-electron chi connectivity index (χ2n) is 6.75. The molecule has 0 aliphatic heterocycles. The lowest BCUT2D eigenvalue weighted by atomic mass is 10.2. The second kappa shape index (κ2) is 8.85. The van der Waals surface area contributed by atoms with Gasteiger partial charge in [0.25, 0.3) is 0 Å². The van der Waals surface area contributed by atoms with Gasteiger partial charge in [0.05, 0.1) is 5.75 Å². The van der Waals surface area contributed by atoms with Crippen molar-refractivity contribution >= 4 is 39.2 Å². The molecule has 0 saturated heterocycles. The number of carbonyl (C=O) groups is 1. The van der Waals surface area contributed by atoms with Crippen molar-refractivity contribution < 1.29 is 4.79 Å². The van der Waals surface area contributed by atoms with E-state index in [4.69, 9.17) is 0 Å². The molecule has 0 N–H and O–H groups in total. The summed E-state index contributed by atoms with van der Waals surface area (Å²) in [6.45, 7) is 8.81. The molecule has 0 aliphatic rings. The molecule has 3 rings (SSSR count). The molecule has 0 bridgehead atoms. The number of hydrogen-bond donors (Lipinski definition) is 0. The summed E-state index contributed by atoms with van der Waals surface area (Å²) >= 11 is 3.23. The summed E-state index contributed by atoms with van der Waals surface area (Å²) in [6.07, 6.45) is 0.987. The molecule has 4 nitrogen and oxygen atoms in total. The Kier molecular flexibility index (Phi) is 6.50. The molecule has 0 unspecified atom stereocenters. The molecule has 2 aromatic heterocycles. The first-order chi connectivity index (χ1) is 13.0. The molecule has 6 heteroatoms. The lowest BCUT2D eigenvalue weighted by molar-refractivity contribution is -0.130. The van der Waals surface area contributed by atoms with E-state index < -0.39 is 0 Å². The summed E-state index contributed by atoms with van der Waals surface area (Å²) in [5, 5.41) is 1.98. The van der Waals surface area contributed by atoms with Crippen LogP contribution in [0.3, 0.4) is 0 Å². The molecular weight excluding hydrogens is 374 g/mol. The molecule has 1 aromatic carbocycles. The van der Waals surface area contributed by atoms with Crippen LogP contribution in [0.25, 0.3) is 10.2 Å². The molecule has 27 heavy (non-hydrogen) atoms. The minimum absolute atomic E-state index is 0.134. The molecule has 0 saturated carbocycles. The molecule has 142 valence electrons. The molecule has 2 heterocycles. The van der Waals surface area contributed by atoms with E-state index in [-0.39, 0.29) is 11.9 Å². The van der Waals surface area contributed by atoms with Crippen molar-refractivity contribution in [3.05, 3.63) is 52.7 Å². The number of hydrogen-bond acceptors (Lipinski definition) is 5. The minimum Gasteiger partial charge on any atom is -0.335 e. The van der Waals surface area contributed by atoms with Crippen LogP contribution in [0.1, 0.15) is 37.0 Å². The van der Waals surface area contributed by atoms with Crippen LogP contribution in [0, 0.1) is 6.92 Å². The summed E-state index contributed by atoms with van der Waals surface area (Å²) < 4.78 is 0. The van der Waals surface area contributed by atoms with Crippen LogP contribution in [0.15, 0.2) is 41.4 Å². The maximum atomic E-state index is 12.9. The van der Waals surface area contributed by atoms with Gasteiger partial charge in [-0.3, -0.25) is 4.79 Å². The SMILES string of the molecule is CCc1cc2c(SCC(=O)N(Cc3ccccc3)C(C)C)nc(C)nc2s1. The van der Waals surface area contributed by atoms with Gasteiger partial charge >= 0.3 is 0 Å². The molecule has 0 atom stereocenters. The Hall–Kier alpha value is -1.92. The Labute approximate surface area is 169 Å². The van der Waals surface area contributed by atoms with Gasteiger partial charge in [-0.1, -0.05) is 49.0 Å². The average molecular weight is 400 g/mol. The van der Waals surface area contributed by atoms with Gasteiger partial charge in [0.15, 0.2) is 0 Å². The summed E-state index contributed by atoms with van der Waals surface area (Å²) in [5.74, 6) is 1.27. The summed E-state index contributed by atoms with van der Waals surface area (Å²) in [6, 6.07) is 12.4. The highest BCUT2D eigenvalue weighted by atomic mass is 32.2. The number of fused-ring (bicyclic) bond motifs is 1. The lowest BCUT2D eigenvalue weighted by Crippen LogP contribution is -2.37. The first-order valence-corrected chi connectivity index (χ1v) is 11.0. The first-order valence-electron chi connectivity index (χ1n) is 9.21. The summed E-state index contributed by atoms with van der Waals surface area (Å²) in [7, 11) is 0. The lowest BCUT2D eigenvalue weighted by Gasteiger charge is -2.27. The zero-order chi connectivity index (χ0) is 19.4. The fourth-order valence-electron chi connectivity index (χ4n) is 2.88. The molecule has 3 aromatic rings. The first kappa shape index (κ1) is 19.8. The van der Waals surface area contributed by atoms with E-state index in [0.29, 0.717) is 12.3 Å². The Morgan fingerprint density at radius 2 is 1.96 bits per heavy atom. The van der Waals surface area contributed by atoms with Gasteiger partial charge in [-0.05, 0) is 38.8 Å². The highest BCUT2D eigenvalue weighted by molar-refractivity contribution is 8.00. The predicted octanol–water partition coefficient (Wildman–Crippen LogP) is 5.09. The van der Waals surface area contributed by atoms with Crippen molar-refractivity contribution in [3.8, 4) is 0 Å². The zero-order valence-corrected chi connectivity index (χ0v) is 17.9. The Bertz CT molecular complexity index is 922. The van der Waals surface area contributed by atoms with Crippen LogP contribution >= 0.6 is 23.1 Å². The van der Waals surface area contributed by atoms with E-state index in [1.807, 2.05) is 30.0 Å². The summed E-state index contributed by atoms with van der Waals surface area (Å²) in [4.78, 5) is 26.3. The normalized spacial score (nSPS) is 11.3. The number of aryl methyl sites for hydroxylation is 2. The fourth-order valence-corrected chi connectivity index (χ4v) is 4.89. The van der Waals surface area contributed by atoms with Crippen LogP contribution in [0.2, 0.25) is 0 Å². The average Bonchev–Trinajstić information content (AvgIpc) is 3.07. The van der Waals surface area contributed by atoms with Crippen molar-refractivity contribution in [3.63, 3.8) is 0 Å². The molecule has 0 fully saturated rings. The third kappa shape index (κ3) is 4.87. The topological polar surface area (TPSA) is 46.1 Å². The van der Waals surface area contributed by atoms with Gasteiger partial charge in [0.1, 0.15) is 15.7 Å². The maximum Gasteiger partial charge on any atom is 0.233 e. The number of aromatic nitrogens is 2. The molecule has 1 amide bonds. The van der Waals surface area contributed by atoms with Gasteiger partial charge in [-0.25, -0.2) is 9.97 Å². The van der Waals surface area contributed by atoms with E-state index >= 15 is 0 Å². The van der Waals surface area contributed by atoms with E-state index in [0.717, 1.165) is 33.1 Å². The third-order valence-corrected chi connectivity index (χ3v) is 6.49. The Balaban J connectivity index is 1.75. The van der Waals surface area contributed by atoms with Crippen molar-refractivity contribution in [2.24, 2.45) is 0 Å². The smallest absolute Gasteiger partial charge is 0.233 e. The number of thioether (sulfide) groups is 1. The Morgan fingerprint density at radius 3 is 2.63 bits per heavy atom. The quantitative estimate of drug-likeness (QED) is 0.410. The standard InChI is InChI=1S/C21H25N3OS2/c1-5-17-11-18-20(22-15(4)23-21(18)27-17)26-13-19(25)24(14(2)3)12-16-9-7-6-8-10-16/h6-11,14H,5,12-13H2,1-4H3. The van der Waals surface area contributed by atoms with Crippen LogP contribution in [-0.2, 0) is 17.8 Å². The maximum absolute atomic E-state index is 12.9. The van der Waals surface area contributed by atoms with E-state index in [1.54, 1.807) is 11.3 Å². The number of amides is 1. The van der Waals surface area contributed by atoms with Crippen molar-refractivity contribution in [1.29, 1.82) is 0 Å². The number of thiophene rings is 1. The highest BCUT2D eigenvalue weighted by Gasteiger charge is 2.19. The van der Waals surface area contributed by atoms with Crippen LogP contribution in [0.4, 0.5) is 0 Å². The molecular formula is C21H25N3OS2. The summed E-state index contributed by atoms with van der Waals surface area (Å²) in [5.41, 5.74) is 1.15. The number of rotatable bonds is 7. The second-order valence-corrected chi connectivity index (χ2v) is 8.83. The van der Waals surface area contributed by atoms with Crippen molar-refractivity contribution in [2.45, 2.75) is 51.7 Å². The predicted molar refractivity (Wildman–Crippen MR) is 114 cm³/mol. The minimum atomic E-state index is 0.134. The Morgan fingerprint density at radius 1 is 1.22 bits per heavy atom. The van der Waals surface area contributed by atoms with Crippen LogP contribution in [-0.4, -0.2) is 32.6 Å². The number of carbonyl (C=O) groups excluding carboxylic acids is 1. The highest BCUT2D eigenvalue weighted by Crippen LogP contribution is 2.32. The zero-order valence-electron chi connectivity index (χ0n) is 16.2. The third-order valence-electron chi connectivity index (χ3n) is 4.34. The van der Waals surface area contributed by atoms with Gasteiger partial charge in [0.2, 0.25) is 5.91 Å². The van der Waals surface area contributed by atoms with Crippen molar-refractivity contribution in [2.75, 3.05) is 5.75 Å². The molecule has 0 aliphatic carbocycles. The van der Waals surface area contributed by atoms with Crippen LogP contribution in [0.5, 0.6) is 0 Å². The van der Waals surface area contributed by atoms with E-state index in [9.17, 15) is 4.79 Å². The van der Waals surface area contributed by atoms with Gasteiger partial charge in [-0.15, -0.1) is 11.3 Å². The van der Waals surface area contributed by atoms with Crippen LogP contribution < -0.4 is 0 Å². The van der Waals surface area contributed by atoms with Crippen molar-refractivity contribution in [1.82, 2.24) is 14.9 Å². The van der Waals surface area contributed by atoms with E-state index in [2.05, 4.69) is 48.9 Å². The fraction of sp³-hybridized carbons (Fsp3) is 0.381.